The van der Waals surface area contributed by atoms with Crippen LogP contribution in [-0.4, -0.2) is 56.0 Å². The maximum absolute atomic E-state index is 12.9. The molecule has 0 aromatic heterocycles. The Morgan fingerprint density at radius 2 is 1.94 bits per heavy atom. The Balaban J connectivity index is 2.26. The highest BCUT2D eigenvalue weighted by Gasteiger charge is 2.31. The Morgan fingerprint density at radius 1 is 1.26 bits per heavy atom. The zero-order valence-corrected chi connectivity index (χ0v) is 17.2. The number of nitrogens with one attached hydrogen (secondary N) is 2. The molecule has 0 spiro atoms. The zero-order valence-electron chi connectivity index (χ0n) is 17.2. The lowest BCUT2D eigenvalue weighted by Gasteiger charge is -2.28. The van der Waals surface area contributed by atoms with Crippen LogP contribution in [0.1, 0.15) is 20.8 Å². The molecule has 4 amide bonds. The summed E-state index contributed by atoms with van der Waals surface area (Å²) in [5, 5.41) is 4.58. The van der Waals surface area contributed by atoms with Gasteiger partial charge >= 0.3 is 6.61 Å². The van der Waals surface area contributed by atoms with E-state index in [2.05, 4.69) is 15.4 Å². The van der Waals surface area contributed by atoms with Crippen LogP contribution >= 0.6 is 0 Å². The number of nitrogens with zero attached hydrogens (tertiary/aromatic N) is 1. The van der Waals surface area contributed by atoms with E-state index in [0.717, 1.165) is 6.07 Å². The molecule has 1 aromatic carbocycles. The van der Waals surface area contributed by atoms with E-state index < -0.39 is 41.7 Å². The van der Waals surface area contributed by atoms with Crippen LogP contribution < -0.4 is 26.0 Å². The number of hydrogen-bond donors (Lipinski definition) is 3. The Morgan fingerprint density at radius 3 is 2.48 bits per heavy atom. The summed E-state index contributed by atoms with van der Waals surface area (Å²) in [4.78, 5) is 49.5. The van der Waals surface area contributed by atoms with E-state index in [1.54, 1.807) is 20.8 Å². The number of carbonyl (C=O) groups excluding carboxylic acids is 4. The van der Waals surface area contributed by atoms with Gasteiger partial charge in [0.2, 0.25) is 11.8 Å². The van der Waals surface area contributed by atoms with Gasteiger partial charge in [-0.1, -0.05) is 20.8 Å². The van der Waals surface area contributed by atoms with Gasteiger partial charge in [0.1, 0.15) is 6.61 Å². The molecule has 1 saturated heterocycles. The van der Waals surface area contributed by atoms with Gasteiger partial charge in [-0.25, -0.2) is 0 Å². The third-order valence-electron chi connectivity index (χ3n) is 4.22. The summed E-state index contributed by atoms with van der Waals surface area (Å²) < 4.78 is 35.3. The van der Waals surface area contributed by atoms with Gasteiger partial charge in [0, 0.05) is 23.7 Å². The van der Waals surface area contributed by atoms with Gasteiger partial charge in [0.15, 0.2) is 11.8 Å². The van der Waals surface area contributed by atoms with E-state index in [1.807, 2.05) is 0 Å². The molecule has 1 aliphatic heterocycles. The number of primary amides is 1. The topological polar surface area (TPSA) is 140 Å². The molecule has 0 radical (unpaired) electrons. The predicted octanol–water partition coefficient (Wildman–Crippen LogP) is 0.606. The molecule has 0 bridgehead atoms. The van der Waals surface area contributed by atoms with E-state index in [-0.39, 0.29) is 36.9 Å². The molecule has 4 N–H and O–H groups in total. The Kier molecular flexibility index (Phi) is 7.50. The minimum Gasteiger partial charge on any atom is -0.433 e. The third kappa shape index (κ3) is 6.35. The van der Waals surface area contributed by atoms with Crippen molar-refractivity contribution in [2.24, 2.45) is 11.1 Å². The molecule has 1 aliphatic rings. The first-order valence-electron chi connectivity index (χ1n) is 9.28. The van der Waals surface area contributed by atoms with Gasteiger partial charge in [-0.2, -0.15) is 8.78 Å². The minimum atomic E-state index is -3.19. The Bertz CT molecular complexity index is 871. The van der Waals surface area contributed by atoms with Crippen molar-refractivity contribution < 1.29 is 37.4 Å². The average Bonchev–Trinajstić information content (AvgIpc) is 2.65. The van der Waals surface area contributed by atoms with Crippen LogP contribution in [0.5, 0.6) is 5.75 Å². The largest absolute Gasteiger partial charge is 0.433 e. The second kappa shape index (κ2) is 9.69. The van der Waals surface area contributed by atoms with Crippen LogP contribution in [0.15, 0.2) is 18.2 Å². The van der Waals surface area contributed by atoms with E-state index in [0.29, 0.717) is 0 Å². The molecule has 2 rings (SSSR count). The number of anilines is 2. The average molecular weight is 442 g/mol. The number of ether oxygens (including phenoxy) is 2. The maximum atomic E-state index is 12.9. The molecule has 31 heavy (non-hydrogen) atoms. The first-order chi connectivity index (χ1) is 14.4. The number of alkyl halides is 2. The number of rotatable bonds is 7. The summed E-state index contributed by atoms with van der Waals surface area (Å²) >= 11 is 0. The number of halogens is 2. The van der Waals surface area contributed by atoms with E-state index in [4.69, 9.17) is 10.5 Å². The summed E-state index contributed by atoms with van der Waals surface area (Å²) in [5.41, 5.74) is 4.39. The summed E-state index contributed by atoms with van der Waals surface area (Å²) in [6.07, 6.45) is 0. The fraction of sp³-hybridized carbons (Fsp3) is 0.474. The first kappa shape index (κ1) is 24.0. The zero-order chi connectivity index (χ0) is 23.3. The molecule has 0 saturated carbocycles. The van der Waals surface area contributed by atoms with Crippen LogP contribution in [-0.2, 0) is 23.9 Å². The van der Waals surface area contributed by atoms with E-state index in [1.165, 1.54) is 17.0 Å². The van der Waals surface area contributed by atoms with Crippen molar-refractivity contribution in [2.45, 2.75) is 33.4 Å². The lowest BCUT2D eigenvalue weighted by Crippen LogP contribution is -2.54. The molecule has 1 atom stereocenters. The van der Waals surface area contributed by atoms with Gasteiger partial charge in [0.25, 0.3) is 11.8 Å². The van der Waals surface area contributed by atoms with Crippen molar-refractivity contribution in [3.05, 3.63) is 18.2 Å². The quantitative estimate of drug-likeness (QED) is 0.529. The molecule has 1 aromatic rings. The molecular weight excluding hydrogens is 418 g/mol. The van der Waals surface area contributed by atoms with Crippen LogP contribution in [0, 0.1) is 5.41 Å². The van der Waals surface area contributed by atoms with Crippen molar-refractivity contribution in [1.29, 1.82) is 0 Å². The SMILES string of the molecule is CC(C)(C)C(=O)N[C@H](C(N)=O)C(=O)Nc1ccc(N2CCOCC2=O)c(OC(F)F)c1. The van der Waals surface area contributed by atoms with Crippen molar-refractivity contribution in [3.8, 4) is 5.75 Å². The van der Waals surface area contributed by atoms with Crippen molar-refractivity contribution in [2.75, 3.05) is 30.0 Å². The maximum Gasteiger partial charge on any atom is 0.387 e. The lowest BCUT2D eigenvalue weighted by molar-refractivity contribution is -0.136. The van der Waals surface area contributed by atoms with Crippen LogP contribution in [0.3, 0.4) is 0 Å². The number of morpholine rings is 1. The normalized spacial score (nSPS) is 15.4. The van der Waals surface area contributed by atoms with Crippen molar-refractivity contribution in [3.63, 3.8) is 0 Å². The highest BCUT2D eigenvalue weighted by atomic mass is 19.3. The van der Waals surface area contributed by atoms with Gasteiger partial charge in [0.05, 0.1) is 12.3 Å². The summed E-state index contributed by atoms with van der Waals surface area (Å²) in [7, 11) is 0. The highest BCUT2D eigenvalue weighted by Crippen LogP contribution is 2.33. The molecule has 0 unspecified atom stereocenters. The number of carbonyl (C=O) groups is 4. The number of benzene rings is 1. The van der Waals surface area contributed by atoms with Crippen LogP contribution in [0.2, 0.25) is 0 Å². The highest BCUT2D eigenvalue weighted by molar-refractivity contribution is 6.12. The Hall–Kier alpha value is -3.28. The van der Waals surface area contributed by atoms with E-state index in [9.17, 15) is 28.0 Å². The fourth-order valence-corrected chi connectivity index (χ4v) is 2.61. The molecule has 170 valence electrons. The Labute approximate surface area is 177 Å². The smallest absolute Gasteiger partial charge is 0.387 e. The second-order valence-corrected chi connectivity index (χ2v) is 7.71. The van der Waals surface area contributed by atoms with Crippen LogP contribution in [0.4, 0.5) is 20.2 Å². The number of hydrogen-bond acceptors (Lipinski definition) is 6. The minimum absolute atomic E-state index is 0.0126. The predicted molar refractivity (Wildman–Crippen MR) is 105 cm³/mol. The van der Waals surface area contributed by atoms with Crippen molar-refractivity contribution >= 4 is 35.0 Å². The number of amides is 4. The molecule has 12 heteroatoms. The summed E-state index contributed by atoms with van der Waals surface area (Å²) in [5.74, 6) is -3.47. The van der Waals surface area contributed by atoms with Gasteiger partial charge in [-0.3, -0.25) is 19.2 Å². The molecular formula is C19H24F2N4O6. The molecule has 10 nitrogen and oxygen atoms in total. The summed E-state index contributed by atoms with van der Waals surface area (Å²) in [6, 6.07) is 2.03. The van der Waals surface area contributed by atoms with Crippen molar-refractivity contribution in [1.82, 2.24) is 5.32 Å². The van der Waals surface area contributed by atoms with Gasteiger partial charge < -0.3 is 30.7 Å². The lowest BCUT2D eigenvalue weighted by atomic mass is 9.95. The molecule has 1 fully saturated rings. The molecule has 1 heterocycles. The second-order valence-electron chi connectivity index (χ2n) is 7.71. The summed E-state index contributed by atoms with van der Waals surface area (Å²) in [6.45, 7) is 1.69. The van der Waals surface area contributed by atoms with Gasteiger partial charge in [-0.15, -0.1) is 0 Å². The third-order valence-corrected chi connectivity index (χ3v) is 4.22. The van der Waals surface area contributed by atoms with Crippen LogP contribution in [0.25, 0.3) is 0 Å². The molecule has 0 aliphatic carbocycles. The van der Waals surface area contributed by atoms with Gasteiger partial charge in [-0.05, 0) is 12.1 Å². The fourth-order valence-electron chi connectivity index (χ4n) is 2.61. The monoisotopic (exact) mass is 442 g/mol. The standard InChI is InChI=1S/C19H24F2N4O6/c1-19(2,3)17(29)24-14(15(22)27)16(28)23-10-4-5-11(12(8-10)31-18(20)21)25-6-7-30-9-13(25)26/h4-5,8,14,18H,6-7,9H2,1-3H3,(H2,22,27)(H,23,28)(H,24,29)/t14-/m1/s1. The number of nitrogens with two attached hydrogens (primary N) is 1. The first-order valence-corrected chi connectivity index (χ1v) is 9.28. The van der Waals surface area contributed by atoms with E-state index >= 15 is 0 Å².